The first-order valence-corrected chi connectivity index (χ1v) is 9.28. The highest BCUT2D eigenvalue weighted by Gasteiger charge is 2.24. The average Bonchev–Trinajstić information content (AvgIpc) is 2.84. The molecular weight excluding hydrogens is 307 g/mol. The molecule has 22 heavy (non-hydrogen) atoms. The van der Waals surface area contributed by atoms with Crippen LogP contribution in [0.5, 0.6) is 5.75 Å². The lowest BCUT2D eigenvalue weighted by Gasteiger charge is -2.16. The molecule has 0 bridgehead atoms. The van der Waals surface area contributed by atoms with E-state index in [2.05, 4.69) is 9.62 Å². The molecule has 1 saturated heterocycles. The van der Waals surface area contributed by atoms with Gasteiger partial charge in [0.25, 0.3) is 0 Å². The van der Waals surface area contributed by atoms with Gasteiger partial charge in [-0.1, -0.05) is 6.07 Å². The lowest BCUT2D eigenvalue weighted by Crippen LogP contribution is -2.36. The van der Waals surface area contributed by atoms with Gasteiger partial charge < -0.3 is 9.64 Å². The van der Waals surface area contributed by atoms with Crippen LogP contribution in [0.2, 0.25) is 0 Å². The molecule has 5 nitrogen and oxygen atoms in total. The second-order valence-corrected chi connectivity index (χ2v) is 7.53. The molecule has 1 aromatic rings. The number of rotatable bonds is 7. The van der Waals surface area contributed by atoms with Gasteiger partial charge in [-0.3, -0.25) is 0 Å². The van der Waals surface area contributed by atoms with Crippen LogP contribution in [0.3, 0.4) is 0 Å². The summed E-state index contributed by atoms with van der Waals surface area (Å²) in [5, 5.41) is 0. The summed E-state index contributed by atoms with van der Waals surface area (Å²) in [6.07, 6.45) is 3.73. The van der Waals surface area contributed by atoms with E-state index in [0.29, 0.717) is 0 Å². The van der Waals surface area contributed by atoms with Crippen molar-refractivity contribution in [1.82, 2.24) is 9.62 Å². The lowest BCUT2D eigenvalue weighted by molar-refractivity contribution is 0.327. The number of hydrogen-bond donors (Lipinski definition) is 1. The molecule has 1 N–H and O–H groups in total. The number of aryl methyl sites for hydroxylation is 1. The van der Waals surface area contributed by atoms with Crippen LogP contribution >= 0.6 is 0 Å². The Kier molecular flexibility index (Phi) is 5.77. The monoisotopic (exact) mass is 330 g/mol. The van der Waals surface area contributed by atoms with E-state index in [9.17, 15) is 12.8 Å². The van der Waals surface area contributed by atoms with Gasteiger partial charge in [-0.25, -0.2) is 17.5 Å². The fourth-order valence-electron chi connectivity index (χ4n) is 2.81. The SMILES string of the molecule is COc1ccc(CCCN2CC[C@H](NS(C)(=O)=O)C2)cc1F. The third-order valence-electron chi connectivity index (χ3n) is 3.81. The number of ether oxygens (including phenoxy) is 1. The van der Waals surface area contributed by atoms with E-state index in [0.717, 1.165) is 44.5 Å². The third-order valence-corrected chi connectivity index (χ3v) is 4.57. The van der Waals surface area contributed by atoms with Gasteiger partial charge in [0, 0.05) is 12.6 Å². The number of methoxy groups -OCH3 is 1. The number of likely N-dealkylation sites (tertiary alicyclic amines) is 1. The zero-order valence-corrected chi connectivity index (χ0v) is 13.8. The minimum Gasteiger partial charge on any atom is -0.494 e. The molecule has 1 aliphatic rings. The van der Waals surface area contributed by atoms with Crippen molar-refractivity contribution in [2.75, 3.05) is 33.0 Å². The summed E-state index contributed by atoms with van der Waals surface area (Å²) in [7, 11) is -1.69. The predicted octanol–water partition coefficient (Wildman–Crippen LogP) is 1.39. The fraction of sp³-hybridized carbons (Fsp3) is 0.600. The van der Waals surface area contributed by atoms with Gasteiger partial charge in [0.15, 0.2) is 11.6 Å². The Morgan fingerprint density at radius 3 is 2.86 bits per heavy atom. The molecule has 1 heterocycles. The van der Waals surface area contributed by atoms with Crippen LogP contribution < -0.4 is 9.46 Å². The quantitative estimate of drug-likeness (QED) is 0.821. The van der Waals surface area contributed by atoms with Crippen molar-refractivity contribution in [2.45, 2.75) is 25.3 Å². The zero-order chi connectivity index (χ0) is 16.2. The molecule has 0 radical (unpaired) electrons. The molecule has 7 heteroatoms. The molecular formula is C15H23FN2O3S. The topological polar surface area (TPSA) is 58.6 Å². The molecule has 1 fully saturated rings. The largest absolute Gasteiger partial charge is 0.494 e. The number of halogens is 1. The van der Waals surface area contributed by atoms with Gasteiger partial charge in [0.05, 0.1) is 13.4 Å². The summed E-state index contributed by atoms with van der Waals surface area (Å²) >= 11 is 0. The van der Waals surface area contributed by atoms with Crippen LogP contribution in [0, 0.1) is 5.82 Å². The normalized spacial score (nSPS) is 19.5. The van der Waals surface area contributed by atoms with Crippen LogP contribution in [0.25, 0.3) is 0 Å². The first kappa shape index (κ1) is 17.2. The Bertz CT molecular complexity index is 607. The molecule has 1 aromatic carbocycles. The number of nitrogens with one attached hydrogen (secondary N) is 1. The smallest absolute Gasteiger partial charge is 0.208 e. The van der Waals surface area contributed by atoms with Crippen molar-refractivity contribution in [2.24, 2.45) is 0 Å². The molecule has 0 spiro atoms. The summed E-state index contributed by atoms with van der Waals surface area (Å²) in [5.74, 6) is -0.0726. The molecule has 0 saturated carbocycles. The summed E-state index contributed by atoms with van der Waals surface area (Å²) < 4.78 is 43.5. The number of benzene rings is 1. The lowest BCUT2D eigenvalue weighted by atomic mass is 10.1. The molecule has 0 aliphatic carbocycles. The highest BCUT2D eigenvalue weighted by molar-refractivity contribution is 7.88. The maximum atomic E-state index is 13.6. The van der Waals surface area contributed by atoms with E-state index < -0.39 is 10.0 Å². The van der Waals surface area contributed by atoms with Crippen molar-refractivity contribution >= 4 is 10.0 Å². The summed E-state index contributed by atoms with van der Waals surface area (Å²) in [6, 6.07) is 5.04. The van der Waals surface area contributed by atoms with Crippen molar-refractivity contribution in [3.05, 3.63) is 29.6 Å². The minimum atomic E-state index is -3.14. The highest BCUT2D eigenvalue weighted by atomic mass is 32.2. The summed E-state index contributed by atoms with van der Waals surface area (Å²) in [6.45, 7) is 2.52. The van der Waals surface area contributed by atoms with Crippen molar-refractivity contribution in [3.63, 3.8) is 0 Å². The molecule has 1 atom stereocenters. The first-order valence-electron chi connectivity index (χ1n) is 7.39. The molecule has 0 unspecified atom stereocenters. The Morgan fingerprint density at radius 1 is 1.45 bits per heavy atom. The first-order chi connectivity index (χ1) is 10.4. The molecule has 124 valence electrons. The van der Waals surface area contributed by atoms with Crippen molar-refractivity contribution < 1.29 is 17.5 Å². The highest BCUT2D eigenvalue weighted by Crippen LogP contribution is 2.19. The Hall–Kier alpha value is -1.18. The maximum Gasteiger partial charge on any atom is 0.208 e. The Morgan fingerprint density at radius 2 is 2.23 bits per heavy atom. The standard InChI is InChI=1S/C15H23FN2O3S/c1-21-15-6-5-12(10-14(15)16)4-3-8-18-9-7-13(11-18)17-22(2,19)20/h5-6,10,13,17H,3-4,7-9,11H2,1-2H3/t13-/m0/s1. The summed E-state index contributed by atoms with van der Waals surface area (Å²) in [4.78, 5) is 2.24. The minimum absolute atomic E-state index is 0.00781. The average molecular weight is 330 g/mol. The van der Waals surface area contributed by atoms with E-state index in [1.807, 2.05) is 6.07 Å². The van der Waals surface area contributed by atoms with E-state index in [1.165, 1.54) is 19.4 Å². The number of nitrogens with zero attached hydrogens (tertiary/aromatic N) is 1. The molecule has 0 amide bonds. The van der Waals surface area contributed by atoms with Gasteiger partial charge in [0.2, 0.25) is 10.0 Å². The molecule has 2 rings (SSSR count). The number of hydrogen-bond acceptors (Lipinski definition) is 4. The second kappa shape index (κ2) is 7.39. The third kappa shape index (κ3) is 5.23. The van der Waals surface area contributed by atoms with Crippen LogP contribution in [0.15, 0.2) is 18.2 Å². The summed E-state index contributed by atoms with van der Waals surface area (Å²) in [5.41, 5.74) is 0.948. The zero-order valence-electron chi connectivity index (χ0n) is 13.0. The van der Waals surface area contributed by atoms with Crippen molar-refractivity contribution in [1.29, 1.82) is 0 Å². The van der Waals surface area contributed by atoms with Crippen LogP contribution in [0.4, 0.5) is 4.39 Å². The maximum absolute atomic E-state index is 13.6. The Labute approximate surface area is 131 Å². The van der Waals surface area contributed by atoms with Gasteiger partial charge in [0.1, 0.15) is 0 Å². The number of sulfonamides is 1. The van der Waals surface area contributed by atoms with Gasteiger partial charge in [-0.05, 0) is 50.0 Å². The van der Waals surface area contributed by atoms with Crippen LogP contribution in [-0.2, 0) is 16.4 Å². The van der Waals surface area contributed by atoms with E-state index >= 15 is 0 Å². The van der Waals surface area contributed by atoms with Crippen LogP contribution in [-0.4, -0.2) is 52.4 Å². The Balaban J connectivity index is 1.74. The van der Waals surface area contributed by atoms with Gasteiger partial charge >= 0.3 is 0 Å². The van der Waals surface area contributed by atoms with E-state index in [4.69, 9.17) is 4.74 Å². The second-order valence-electron chi connectivity index (χ2n) is 5.75. The van der Waals surface area contributed by atoms with Gasteiger partial charge in [-0.2, -0.15) is 0 Å². The van der Waals surface area contributed by atoms with Crippen molar-refractivity contribution in [3.8, 4) is 5.75 Å². The molecule has 1 aliphatic heterocycles. The van der Waals surface area contributed by atoms with Crippen LogP contribution in [0.1, 0.15) is 18.4 Å². The van der Waals surface area contributed by atoms with Gasteiger partial charge in [-0.15, -0.1) is 0 Å². The fourth-order valence-corrected chi connectivity index (χ4v) is 3.60. The molecule has 0 aromatic heterocycles. The van der Waals surface area contributed by atoms with E-state index in [1.54, 1.807) is 6.07 Å². The predicted molar refractivity (Wildman–Crippen MR) is 84.1 cm³/mol. The van der Waals surface area contributed by atoms with E-state index in [-0.39, 0.29) is 17.6 Å².